The molecular formula is C16H24N4O. The average molecular weight is 288 g/mol. The number of hydrogen-bond acceptors (Lipinski definition) is 2. The number of carbonyl (C=O) groups is 1. The smallest absolute Gasteiger partial charge is 0.251 e. The standard InChI is InChI=1S/C16H24N4O/c1-18-15(21)13-7-5-6-12(10-13)11-19-16(17)20-14-8-3-2-4-9-14/h5-7,10,14H,2-4,8-9,11H2,1H3,(H,18,21)(H3,17,19,20). The van der Waals surface area contributed by atoms with E-state index in [-0.39, 0.29) is 5.91 Å². The van der Waals surface area contributed by atoms with Crippen molar-refractivity contribution < 1.29 is 4.79 Å². The van der Waals surface area contributed by atoms with Crippen molar-refractivity contribution in [1.82, 2.24) is 10.6 Å². The third kappa shape index (κ3) is 4.77. The van der Waals surface area contributed by atoms with Gasteiger partial charge in [-0.1, -0.05) is 31.4 Å². The molecule has 114 valence electrons. The third-order valence-corrected chi connectivity index (χ3v) is 3.81. The number of amides is 1. The zero-order valence-corrected chi connectivity index (χ0v) is 12.6. The molecular weight excluding hydrogens is 264 g/mol. The molecule has 1 aromatic rings. The molecule has 1 fully saturated rings. The number of nitrogens with zero attached hydrogens (tertiary/aromatic N) is 1. The highest BCUT2D eigenvalue weighted by atomic mass is 16.1. The summed E-state index contributed by atoms with van der Waals surface area (Å²) in [7, 11) is 1.62. The molecule has 5 heteroatoms. The lowest BCUT2D eigenvalue weighted by atomic mass is 9.96. The summed E-state index contributed by atoms with van der Waals surface area (Å²) in [5.74, 6) is 0.404. The van der Waals surface area contributed by atoms with Gasteiger partial charge in [-0.3, -0.25) is 4.79 Å². The lowest BCUT2D eigenvalue weighted by Crippen LogP contribution is -2.41. The van der Waals surface area contributed by atoms with Gasteiger partial charge in [-0.15, -0.1) is 0 Å². The fraction of sp³-hybridized carbons (Fsp3) is 0.500. The zero-order valence-electron chi connectivity index (χ0n) is 12.6. The molecule has 1 aliphatic rings. The van der Waals surface area contributed by atoms with Gasteiger partial charge in [0.05, 0.1) is 6.54 Å². The molecule has 1 aromatic carbocycles. The molecule has 0 unspecified atom stereocenters. The van der Waals surface area contributed by atoms with Crippen molar-refractivity contribution in [2.24, 2.45) is 10.7 Å². The van der Waals surface area contributed by atoms with Crippen molar-refractivity contribution in [2.75, 3.05) is 7.05 Å². The maximum atomic E-state index is 11.6. The van der Waals surface area contributed by atoms with Gasteiger partial charge >= 0.3 is 0 Å². The van der Waals surface area contributed by atoms with Gasteiger partial charge in [0.2, 0.25) is 0 Å². The summed E-state index contributed by atoms with van der Waals surface area (Å²) in [6.07, 6.45) is 6.19. The van der Waals surface area contributed by atoms with Crippen LogP contribution in [-0.2, 0) is 6.54 Å². The maximum Gasteiger partial charge on any atom is 0.251 e. The van der Waals surface area contributed by atoms with Crippen molar-refractivity contribution in [3.05, 3.63) is 35.4 Å². The molecule has 0 aromatic heterocycles. The van der Waals surface area contributed by atoms with E-state index in [1.54, 1.807) is 13.1 Å². The van der Waals surface area contributed by atoms with Crippen LogP contribution in [0.25, 0.3) is 0 Å². The van der Waals surface area contributed by atoms with E-state index in [0.29, 0.717) is 24.1 Å². The van der Waals surface area contributed by atoms with Crippen LogP contribution in [0, 0.1) is 0 Å². The number of benzene rings is 1. The van der Waals surface area contributed by atoms with Crippen LogP contribution >= 0.6 is 0 Å². The number of aliphatic imine (C=N–C) groups is 1. The molecule has 0 radical (unpaired) electrons. The fourth-order valence-corrected chi connectivity index (χ4v) is 2.63. The molecule has 0 heterocycles. The molecule has 4 N–H and O–H groups in total. The van der Waals surface area contributed by atoms with E-state index in [1.165, 1.54) is 32.1 Å². The summed E-state index contributed by atoms with van der Waals surface area (Å²) in [4.78, 5) is 15.9. The lowest BCUT2D eigenvalue weighted by Gasteiger charge is -2.23. The van der Waals surface area contributed by atoms with Crippen molar-refractivity contribution in [3.8, 4) is 0 Å². The van der Waals surface area contributed by atoms with Crippen LogP contribution in [0.4, 0.5) is 0 Å². The Morgan fingerprint density at radius 3 is 2.81 bits per heavy atom. The Morgan fingerprint density at radius 2 is 2.10 bits per heavy atom. The zero-order chi connectivity index (χ0) is 15.1. The van der Waals surface area contributed by atoms with Crippen molar-refractivity contribution in [2.45, 2.75) is 44.7 Å². The molecule has 0 atom stereocenters. The molecule has 0 aliphatic heterocycles. The normalized spacial score (nSPS) is 16.5. The van der Waals surface area contributed by atoms with Gasteiger partial charge < -0.3 is 16.4 Å². The molecule has 0 spiro atoms. The predicted octanol–water partition coefficient (Wildman–Crippen LogP) is 1.78. The summed E-state index contributed by atoms with van der Waals surface area (Å²) in [5.41, 5.74) is 7.55. The number of hydrogen-bond donors (Lipinski definition) is 3. The number of nitrogens with two attached hydrogens (primary N) is 1. The Labute approximate surface area is 126 Å². The van der Waals surface area contributed by atoms with E-state index in [2.05, 4.69) is 15.6 Å². The SMILES string of the molecule is CNC(=O)c1cccc(CN=C(N)NC2CCCCC2)c1. The summed E-state index contributed by atoms with van der Waals surface area (Å²) in [6.45, 7) is 0.483. The Kier molecular flexibility index (Phi) is 5.60. The predicted molar refractivity (Wildman–Crippen MR) is 85.2 cm³/mol. The monoisotopic (exact) mass is 288 g/mol. The molecule has 1 aliphatic carbocycles. The van der Waals surface area contributed by atoms with Gasteiger partial charge in [0.1, 0.15) is 0 Å². The topological polar surface area (TPSA) is 79.5 Å². The number of carbonyl (C=O) groups excluding carboxylic acids is 1. The first-order chi connectivity index (χ1) is 10.2. The quantitative estimate of drug-likeness (QED) is 0.583. The van der Waals surface area contributed by atoms with Crippen molar-refractivity contribution in [3.63, 3.8) is 0 Å². The molecule has 21 heavy (non-hydrogen) atoms. The molecule has 5 nitrogen and oxygen atoms in total. The third-order valence-electron chi connectivity index (χ3n) is 3.81. The van der Waals surface area contributed by atoms with Crippen LogP contribution in [0.3, 0.4) is 0 Å². The Bertz CT molecular complexity index is 507. The van der Waals surface area contributed by atoms with E-state index < -0.39 is 0 Å². The number of rotatable bonds is 4. The summed E-state index contributed by atoms with van der Waals surface area (Å²) in [6, 6.07) is 7.90. The van der Waals surface area contributed by atoms with Gasteiger partial charge in [0.15, 0.2) is 5.96 Å². The Morgan fingerprint density at radius 1 is 1.33 bits per heavy atom. The minimum Gasteiger partial charge on any atom is -0.370 e. The van der Waals surface area contributed by atoms with Crippen LogP contribution in [0.15, 0.2) is 29.3 Å². The first-order valence-electron chi connectivity index (χ1n) is 7.56. The van der Waals surface area contributed by atoms with Crippen LogP contribution in [-0.4, -0.2) is 25.0 Å². The first-order valence-corrected chi connectivity index (χ1v) is 7.56. The maximum absolute atomic E-state index is 11.6. The van der Waals surface area contributed by atoms with Gasteiger partial charge in [0.25, 0.3) is 5.91 Å². The Hall–Kier alpha value is -2.04. The number of guanidine groups is 1. The van der Waals surface area contributed by atoms with E-state index >= 15 is 0 Å². The molecule has 1 saturated carbocycles. The fourth-order valence-electron chi connectivity index (χ4n) is 2.63. The average Bonchev–Trinajstić information content (AvgIpc) is 2.53. The van der Waals surface area contributed by atoms with Crippen LogP contribution < -0.4 is 16.4 Å². The van der Waals surface area contributed by atoms with Crippen molar-refractivity contribution >= 4 is 11.9 Å². The molecule has 2 rings (SSSR count). The van der Waals surface area contributed by atoms with Crippen LogP contribution in [0.5, 0.6) is 0 Å². The summed E-state index contributed by atoms with van der Waals surface area (Å²) < 4.78 is 0. The first kappa shape index (κ1) is 15.4. The molecule has 0 bridgehead atoms. The number of nitrogens with one attached hydrogen (secondary N) is 2. The molecule has 0 saturated heterocycles. The van der Waals surface area contributed by atoms with Gasteiger partial charge in [-0.2, -0.15) is 0 Å². The Balaban J connectivity index is 1.91. The van der Waals surface area contributed by atoms with E-state index in [1.807, 2.05) is 18.2 Å². The van der Waals surface area contributed by atoms with Crippen molar-refractivity contribution in [1.29, 1.82) is 0 Å². The molecule has 1 amide bonds. The highest BCUT2D eigenvalue weighted by molar-refractivity contribution is 5.94. The minimum absolute atomic E-state index is 0.0888. The van der Waals surface area contributed by atoms with Crippen LogP contribution in [0.1, 0.15) is 48.0 Å². The van der Waals surface area contributed by atoms with Gasteiger partial charge in [-0.25, -0.2) is 4.99 Å². The largest absolute Gasteiger partial charge is 0.370 e. The van der Waals surface area contributed by atoms with Gasteiger partial charge in [0, 0.05) is 18.7 Å². The van der Waals surface area contributed by atoms with E-state index in [9.17, 15) is 4.79 Å². The van der Waals surface area contributed by atoms with Crippen LogP contribution in [0.2, 0.25) is 0 Å². The second-order valence-corrected chi connectivity index (χ2v) is 5.46. The van der Waals surface area contributed by atoms with E-state index in [4.69, 9.17) is 5.73 Å². The summed E-state index contributed by atoms with van der Waals surface area (Å²) in [5, 5.41) is 5.90. The minimum atomic E-state index is -0.0888. The highest BCUT2D eigenvalue weighted by Crippen LogP contribution is 2.17. The second kappa shape index (κ2) is 7.67. The van der Waals surface area contributed by atoms with Gasteiger partial charge in [-0.05, 0) is 30.5 Å². The second-order valence-electron chi connectivity index (χ2n) is 5.46. The summed E-state index contributed by atoms with van der Waals surface area (Å²) >= 11 is 0. The lowest BCUT2D eigenvalue weighted by molar-refractivity contribution is 0.0963. The van der Waals surface area contributed by atoms with E-state index in [0.717, 1.165) is 5.56 Å². The highest BCUT2D eigenvalue weighted by Gasteiger charge is 2.13.